The number of carbonyl (C=O) groups excluding carboxylic acids is 3. The lowest BCUT2D eigenvalue weighted by Crippen LogP contribution is -2.42. The van der Waals surface area contributed by atoms with Crippen molar-refractivity contribution in [2.24, 2.45) is 5.92 Å². The largest absolute Gasteiger partial charge is 0.488 e. The predicted octanol–water partition coefficient (Wildman–Crippen LogP) is 3.49. The number of anilines is 1. The highest BCUT2D eigenvalue weighted by Crippen LogP contribution is 2.30. The summed E-state index contributed by atoms with van der Waals surface area (Å²) in [6.07, 6.45) is 1.90. The van der Waals surface area contributed by atoms with Gasteiger partial charge in [0.15, 0.2) is 11.6 Å². The first kappa shape index (κ1) is 26.0. The number of nitrogens with one attached hydrogen (secondary N) is 1. The van der Waals surface area contributed by atoms with E-state index in [1.165, 1.54) is 25.3 Å². The van der Waals surface area contributed by atoms with Crippen LogP contribution in [0, 0.1) is 11.7 Å². The molecule has 1 aromatic carbocycles. The van der Waals surface area contributed by atoms with Crippen molar-refractivity contribution in [1.82, 2.24) is 4.90 Å². The number of nitrogens with zero attached hydrogens (tertiary/aromatic N) is 1. The van der Waals surface area contributed by atoms with Crippen molar-refractivity contribution in [3.05, 3.63) is 35.8 Å². The molecule has 9 nitrogen and oxygen atoms in total. The number of hydrogen-bond donors (Lipinski definition) is 1. The smallest absolute Gasteiger partial charge is 0.410 e. The van der Waals surface area contributed by atoms with Crippen LogP contribution >= 0.6 is 0 Å². The van der Waals surface area contributed by atoms with Gasteiger partial charge in [-0.05, 0) is 51.7 Å². The Morgan fingerprint density at radius 3 is 2.39 bits per heavy atom. The molecule has 1 amide bonds. The zero-order valence-corrected chi connectivity index (χ0v) is 19.6. The van der Waals surface area contributed by atoms with Crippen LogP contribution in [0.15, 0.2) is 30.0 Å². The van der Waals surface area contributed by atoms with Crippen LogP contribution in [0.2, 0.25) is 0 Å². The van der Waals surface area contributed by atoms with Gasteiger partial charge >= 0.3 is 18.0 Å². The Bertz CT molecular complexity index is 887. The lowest BCUT2D eigenvalue weighted by molar-refractivity contribution is -0.138. The molecular formula is C23H31FN2O7. The highest BCUT2D eigenvalue weighted by Gasteiger charge is 2.27. The van der Waals surface area contributed by atoms with Crippen molar-refractivity contribution in [1.29, 1.82) is 0 Å². The van der Waals surface area contributed by atoms with E-state index in [0.29, 0.717) is 25.9 Å². The second-order valence-corrected chi connectivity index (χ2v) is 8.54. The van der Waals surface area contributed by atoms with Gasteiger partial charge in [-0.1, -0.05) is 6.07 Å². The molecule has 1 aliphatic rings. The van der Waals surface area contributed by atoms with Gasteiger partial charge < -0.3 is 29.2 Å². The summed E-state index contributed by atoms with van der Waals surface area (Å²) in [5, 5.41) is 2.69. The third-order valence-corrected chi connectivity index (χ3v) is 4.83. The molecule has 1 aromatic rings. The molecule has 0 aromatic heterocycles. The molecule has 33 heavy (non-hydrogen) atoms. The van der Waals surface area contributed by atoms with E-state index < -0.39 is 23.4 Å². The van der Waals surface area contributed by atoms with Crippen LogP contribution in [-0.2, 0) is 23.8 Å². The summed E-state index contributed by atoms with van der Waals surface area (Å²) in [6, 6.07) is 4.18. The molecule has 0 unspecified atom stereocenters. The van der Waals surface area contributed by atoms with Crippen LogP contribution in [0.4, 0.5) is 14.9 Å². The second-order valence-electron chi connectivity index (χ2n) is 8.54. The minimum Gasteiger partial charge on any atom is -0.488 e. The number of hydrogen-bond acceptors (Lipinski definition) is 8. The Balaban J connectivity index is 2.04. The molecule has 182 valence electrons. The Kier molecular flexibility index (Phi) is 9.07. The third-order valence-electron chi connectivity index (χ3n) is 4.83. The van der Waals surface area contributed by atoms with E-state index in [1.54, 1.807) is 4.90 Å². The zero-order chi connectivity index (χ0) is 24.6. The number of amides is 1. The van der Waals surface area contributed by atoms with E-state index in [0.717, 1.165) is 13.2 Å². The predicted molar refractivity (Wildman–Crippen MR) is 118 cm³/mol. The van der Waals surface area contributed by atoms with Gasteiger partial charge in [0.1, 0.15) is 11.3 Å². The van der Waals surface area contributed by atoms with Gasteiger partial charge in [-0.15, -0.1) is 0 Å². The van der Waals surface area contributed by atoms with Crippen LogP contribution in [-0.4, -0.2) is 62.4 Å². The lowest BCUT2D eigenvalue weighted by Gasteiger charge is -2.33. The van der Waals surface area contributed by atoms with Crippen molar-refractivity contribution in [3.8, 4) is 5.75 Å². The normalized spacial score (nSPS) is 15.0. The first-order valence-corrected chi connectivity index (χ1v) is 10.6. The molecule has 0 atom stereocenters. The minimum absolute atomic E-state index is 0.0910. The van der Waals surface area contributed by atoms with E-state index in [2.05, 4.69) is 14.8 Å². The second kappa shape index (κ2) is 11.5. The number of para-hydroxylation sites is 1. The number of methoxy groups -OCH3 is 2. The quantitative estimate of drug-likeness (QED) is 0.370. The molecule has 0 bridgehead atoms. The van der Waals surface area contributed by atoms with Gasteiger partial charge in [-0.3, -0.25) is 0 Å². The number of likely N-dealkylation sites (tertiary alicyclic amines) is 1. The van der Waals surface area contributed by atoms with E-state index in [-0.39, 0.29) is 35.8 Å². The average Bonchev–Trinajstić information content (AvgIpc) is 2.76. The Labute approximate surface area is 192 Å². The van der Waals surface area contributed by atoms with E-state index in [9.17, 15) is 18.8 Å². The lowest BCUT2D eigenvalue weighted by atomic mass is 9.98. The molecule has 1 saturated heterocycles. The maximum atomic E-state index is 14.5. The van der Waals surface area contributed by atoms with Gasteiger partial charge in [-0.2, -0.15) is 0 Å². The number of esters is 2. The Morgan fingerprint density at radius 1 is 1.15 bits per heavy atom. The molecule has 1 heterocycles. The van der Waals surface area contributed by atoms with Crippen molar-refractivity contribution in [2.45, 2.75) is 39.2 Å². The van der Waals surface area contributed by atoms with E-state index in [1.807, 2.05) is 20.8 Å². The first-order valence-electron chi connectivity index (χ1n) is 10.6. The molecule has 1 fully saturated rings. The molecule has 0 radical (unpaired) electrons. The highest BCUT2D eigenvalue weighted by molar-refractivity contribution is 5.99. The fraction of sp³-hybridized carbons (Fsp3) is 0.522. The number of halogens is 1. The van der Waals surface area contributed by atoms with Gasteiger partial charge in [0.05, 0.1) is 32.6 Å². The first-order chi connectivity index (χ1) is 15.5. The van der Waals surface area contributed by atoms with Crippen molar-refractivity contribution in [2.75, 3.05) is 39.2 Å². The Hall–Kier alpha value is -3.30. The van der Waals surface area contributed by atoms with Crippen LogP contribution in [0.5, 0.6) is 5.75 Å². The molecular weight excluding hydrogens is 435 g/mol. The fourth-order valence-electron chi connectivity index (χ4n) is 3.14. The molecule has 2 rings (SSSR count). The average molecular weight is 467 g/mol. The van der Waals surface area contributed by atoms with Gasteiger partial charge in [0.25, 0.3) is 0 Å². The molecule has 1 aliphatic heterocycles. The Morgan fingerprint density at radius 2 is 1.82 bits per heavy atom. The third kappa shape index (κ3) is 7.96. The SMILES string of the molecule is COC(=O)/C=C(/Nc1cccc(F)c1OCC1CCN(C(=O)OC(C)(C)C)CC1)C(=O)OC. The maximum Gasteiger partial charge on any atom is 0.410 e. The molecule has 10 heteroatoms. The van der Waals surface area contributed by atoms with E-state index in [4.69, 9.17) is 9.47 Å². The van der Waals surface area contributed by atoms with Gasteiger partial charge in [-0.25, -0.2) is 18.8 Å². The zero-order valence-electron chi connectivity index (χ0n) is 19.6. The summed E-state index contributed by atoms with van der Waals surface area (Å²) in [6.45, 7) is 6.69. The topological polar surface area (TPSA) is 103 Å². The molecule has 0 aliphatic carbocycles. The minimum atomic E-state index is -0.829. The highest BCUT2D eigenvalue weighted by atomic mass is 19.1. The number of piperidine rings is 1. The van der Waals surface area contributed by atoms with Crippen LogP contribution in [0.3, 0.4) is 0 Å². The number of ether oxygens (including phenoxy) is 4. The van der Waals surface area contributed by atoms with Crippen molar-refractivity contribution >= 4 is 23.7 Å². The van der Waals surface area contributed by atoms with Crippen LogP contribution in [0.25, 0.3) is 0 Å². The summed E-state index contributed by atoms with van der Waals surface area (Å²) in [7, 11) is 2.32. The van der Waals surface area contributed by atoms with Crippen LogP contribution in [0.1, 0.15) is 33.6 Å². The maximum absolute atomic E-state index is 14.5. The summed E-state index contributed by atoms with van der Waals surface area (Å²) in [5.74, 6) is -2.23. The summed E-state index contributed by atoms with van der Waals surface area (Å²) >= 11 is 0. The van der Waals surface area contributed by atoms with Gasteiger partial charge in [0.2, 0.25) is 0 Å². The summed E-state index contributed by atoms with van der Waals surface area (Å²) in [5.41, 5.74) is -0.636. The summed E-state index contributed by atoms with van der Waals surface area (Å²) < 4.78 is 34.9. The molecule has 0 spiro atoms. The van der Waals surface area contributed by atoms with Gasteiger partial charge in [0, 0.05) is 13.1 Å². The number of benzene rings is 1. The fourth-order valence-corrected chi connectivity index (χ4v) is 3.14. The summed E-state index contributed by atoms with van der Waals surface area (Å²) in [4.78, 5) is 37.4. The monoisotopic (exact) mass is 466 g/mol. The molecule has 1 N–H and O–H groups in total. The van der Waals surface area contributed by atoms with Crippen molar-refractivity contribution < 1.29 is 37.7 Å². The van der Waals surface area contributed by atoms with Crippen LogP contribution < -0.4 is 10.1 Å². The number of carbonyl (C=O) groups is 3. The molecule has 0 saturated carbocycles. The number of rotatable bonds is 7. The standard InChI is InChI=1S/C23H31FN2O7/c1-23(2,3)33-22(29)26-11-9-15(10-12-26)14-32-20-16(24)7-6-8-17(20)25-18(21(28)31-5)13-19(27)30-4/h6-8,13,15,25H,9-12,14H2,1-5H3/b18-13+. The van der Waals surface area contributed by atoms with Crippen molar-refractivity contribution in [3.63, 3.8) is 0 Å². The van der Waals surface area contributed by atoms with E-state index >= 15 is 0 Å².